The van der Waals surface area contributed by atoms with Gasteiger partial charge in [-0.25, -0.2) is 13.1 Å². The standard InChI is InChI=1S/C12H17BrN2O2S/c1-7-3-9(7)6-15-18(16,17)12-5-11(14)10(13)4-8(12)2/h4-5,7,9,15H,3,6,14H2,1-2H3. The molecule has 1 fully saturated rings. The summed E-state index contributed by atoms with van der Waals surface area (Å²) < 4.78 is 27.7. The van der Waals surface area contributed by atoms with Crippen molar-refractivity contribution in [2.75, 3.05) is 12.3 Å². The van der Waals surface area contributed by atoms with Gasteiger partial charge in [-0.05, 0) is 58.8 Å². The first-order valence-electron chi connectivity index (χ1n) is 5.86. The summed E-state index contributed by atoms with van der Waals surface area (Å²) in [4.78, 5) is 0.261. The minimum Gasteiger partial charge on any atom is -0.398 e. The monoisotopic (exact) mass is 332 g/mol. The number of benzene rings is 1. The number of nitrogens with two attached hydrogens (primary N) is 1. The van der Waals surface area contributed by atoms with Gasteiger partial charge in [0.1, 0.15) is 0 Å². The second-order valence-corrected chi connectivity index (χ2v) is 7.55. The first-order valence-corrected chi connectivity index (χ1v) is 8.14. The summed E-state index contributed by atoms with van der Waals surface area (Å²) in [5.41, 5.74) is 6.86. The van der Waals surface area contributed by atoms with Crippen molar-refractivity contribution in [3.05, 3.63) is 22.2 Å². The number of nitrogens with one attached hydrogen (secondary N) is 1. The second kappa shape index (κ2) is 4.83. The Morgan fingerprint density at radius 3 is 2.67 bits per heavy atom. The molecule has 1 aromatic rings. The van der Waals surface area contributed by atoms with E-state index >= 15 is 0 Å². The van der Waals surface area contributed by atoms with Crippen LogP contribution in [0.2, 0.25) is 0 Å². The number of hydrogen-bond donors (Lipinski definition) is 2. The van der Waals surface area contributed by atoms with Crippen LogP contribution < -0.4 is 10.5 Å². The molecular formula is C12H17BrN2O2S. The molecular weight excluding hydrogens is 316 g/mol. The summed E-state index contributed by atoms with van der Waals surface area (Å²) in [7, 11) is -3.46. The normalized spacial score (nSPS) is 23.1. The molecule has 0 bridgehead atoms. The van der Waals surface area contributed by atoms with Crippen molar-refractivity contribution in [1.29, 1.82) is 0 Å². The summed E-state index contributed by atoms with van der Waals surface area (Å²) >= 11 is 3.29. The Labute approximate surface area is 116 Å². The lowest BCUT2D eigenvalue weighted by Gasteiger charge is -2.11. The minimum absolute atomic E-state index is 0.261. The maximum absolute atomic E-state index is 12.2. The minimum atomic E-state index is -3.46. The molecule has 18 heavy (non-hydrogen) atoms. The Balaban J connectivity index is 2.21. The van der Waals surface area contributed by atoms with Gasteiger partial charge in [-0.1, -0.05) is 6.92 Å². The van der Waals surface area contributed by atoms with E-state index in [1.807, 2.05) is 0 Å². The topological polar surface area (TPSA) is 72.2 Å². The van der Waals surface area contributed by atoms with Crippen LogP contribution in [0.15, 0.2) is 21.5 Å². The van der Waals surface area contributed by atoms with E-state index in [0.29, 0.717) is 29.6 Å². The molecule has 0 amide bonds. The molecule has 1 aliphatic carbocycles. The molecule has 6 heteroatoms. The lowest BCUT2D eigenvalue weighted by Crippen LogP contribution is -2.27. The van der Waals surface area contributed by atoms with E-state index < -0.39 is 10.0 Å². The highest BCUT2D eigenvalue weighted by Gasteiger charge is 2.33. The number of aryl methyl sites for hydroxylation is 1. The smallest absolute Gasteiger partial charge is 0.240 e. The molecule has 100 valence electrons. The summed E-state index contributed by atoms with van der Waals surface area (Å²) in [6.45, 7) is 4.40. The highest BCUT2D eigenvalue weighted by Crippen LogP contribution is 2.37. The van der Waals surface area contributed by atoms with Crippen LogP contribution in [-0.4, -0.2) is 15.0 Å². The number of anilines is 1. The average molecular weight is 333 g/mol. The fourth-order valence-electron chi connectivity index (χ4n) is 1.94. The molecule has 2 unspecified atom stereocenters. The average Bonchev–Trinajstić information content (AvgIpc) is 2.97. The Morgan fingerprint density at radius 1 is 1.50 bits per heavy atom. The zero-order chi connectivity index (χ0) is 13.5. The molecule has 1 aromatic carbocycles. The third kappa shape index (κ3) is 2.87. The summed E-state index contributed by atoms with van der Waals surface area (Å²) in [6.07, 6.45) is 1.10. The molecule has 0 radical (unpaired) electrons. The van der Waals surface area contributed by atoms with Gasteiger partial charge in [-0.15, -0.1) is 0 Å². The van der Waals surface area contributed by atoms with E-state index in [-0.39, 0.29) is 4.90 Å². The quantitative estimate of drug-likeness (QED) is 0.831. The zero-order valence-electron chi connectivity index (χ0n) is 10.4. The van der Waals surface area contributed by atoms with Crippen LogP contribution in [0.4, 0.5) is 5.69 Å². The van der Waals surface area contributed by atoms with Crippen LogP contribution in [0.5, 0.6) is 0 Å². The van der Waals surface area contributed by atoms with Crippen LogP contribution >= 0.6 is 15.9 Å². The maximum Gasteiger partial charge on any atom is 0.240 e. The van der Waals surface area contributed by atoms with Gasteiger partial charge in [0.2, 0.25) is 10.0 Å². The van der Waals surface area contributed by atoms with Gasteiger partial charge in [0.05, 0.1) is 4.90 Å². The highest BCUT2D eigenvalue weighted by molar-refractivity contribution is 9.10. The van der Waals surface area contributed by atoms with Crippen molar-refractivity contribution < 1.29 is 8.42 Å². The van der Waals surface area contributed by atoms with Gasteiger partial charge in [-0.2, -0.15) is 0 Å². The molecule has 3 N–H and O–H groups in total. The van der Waals surface area contributed by atoms with E-state index in [0.717, 1.165) is 10.9 Å². The number of halogens is 1. The molecule has 1 saturated carbocycles. The van der Waals surface area contributed by atoms with E-state index in [1.165, 1.54) is 6.07 Å². The zero-order valence-corrected chi connectivity index (χ0v) is 12.8. The lowest BCUT2D eigenvalue weighted by atomic mass is 10.2. The van der Waals surface area contributed by atoms with Crippen molar-refractivity contribution in [3.8, 4) is 0 Å². The molecule has 1 aliphatic rings. The lowest BCUT2D eigenvalue weighted by molar-refractivity contribution is 0.574. The van der Waals surface area contributed by atoms with Crippen molar-refractivity contribution in [2.45, 2.75) is 25.2 Å². The predicted molar refractivity (Wildman–Crippen MR) is 75.8 cm³/mol. The Hall–Kier alpha value is -0.590. The van der Waals surface area contributed by atoms with Crippen molar-refractivity contribution in [1.82, 2.24) is 4.72 Å². The third-order valence-electron chi connectivity index (χ3n) is 3.40. The van der Waals surface area contributed by atoms with Gasteiger partial charge in [0.15, 0.2) is 0 Å². The molecule has 0 saturated heterocycles. The van der Waals surface area contributed by atoms with Gasteiger partial charge in [-0.3, -0.25) is 0 Å². The fourth-order valence-corrected chi connectivity index (χ4v) is 3.75. The molecule has 2 atom stereocenters. The Morgan fingerprint density at radius 2 is 2.11 bits per heavy atom. The van der Waals surface area contributed by atoms with Crippen molar-refractivity contribution in [2.24, 2.45) is 11.8 Å². The van der Waals surface area contributed by atoms with Gasteiger partial charge >= 0.3 is 0 Å². The molecule has 2 rings (SSSR count). The molecule has 4 nitrogen and oxygen atoms in total. The SMILES string of the molecule is Cc1cc(Br)c(N)cc1S(=O)(=O)NCC1CC1C. The first kappa shape index (κ1) is 13.8. The summed E-state index contributed by atoms with van der Waals surface area (Å²) in [5.74, 6) is 1.11. The largest absolute Gasteiger partial charge is 0.398 e. The number of rotatable bonds is 4. The Bertz CT molecular complexity index is 572. The van der Waals surface area contributed by atoms with Crippen molar-refractivity contribution >= 4 is 31.6 Å². The van der Waals surface area contributed by atoms with Crippen LogP contribution in [0.3, 0.4) is 0 Å². The molecule has 0 spiro atoms. The van der Waals surface area contributed by atoms with Crippen LogP contribution in [0, 0.1) is 18.8 Å². The predicted octanol–water partition coefficient (Wildman–Crippen LogP) is 2.27. The number of nitrogen functional groups attached to an aromatic ring is 1. The summed E-state index contributed by atoms with van der Waals surface area (Å²) in [6, 6.07) is 3.22. The van der Waals surface area contributed by atoms with E-state index in [1.54, 1.807) is 13.0 Å². The van der Waals surface area contributed by atoms with Crippen LogP contribution in [0.25, 0.3) is 0 Å². The van der Waals surface area contributed by atoms with E-state index in [4.69, 9.17) is 5.73 Å². The van der Waals surface area contributed by atoms with Gasteiger partial charge < -0.3 is 5.73 Å². The van der Waals surface area contributed by atoms with Crippen LogP contribution in [0.1, 0.15) is 18.9 Å². The Kier molecular flexibility index (Phi) is 3.71. The first-order chi connectivity index (χ1) is 8.31. The number of hydrogen-bond acceptors (Lipinski definition) is 3. The molecule has 0 aromatic heterocycles. The van der Waals surface area contributed by atoms with Gasteiger partial charge in [0, 0.05) is 16.7 Å². The second-order valence-electron chi connectivity index (χ2n) is 4.96. The van der Waals surface area contributed by atoms with E-state index in [9.17, 15) is 8.42 Å². The molecule has 0 heterocycles. The van der Waals surface area contributed by atoms with Crippen molar-refractivity contribution in [3.63, 3.8) is 0 Å². The van der Waals surface area contributed by atoms with E-state index in [2.05, 4.69) is 27.6 Å². The maximum atomic E-state index is 12.2. The van der Waals surface area contributed by atoms with Gasteiger partial charge in [0.25, 0.3) is 0 Å². The molecule has 0 aliphatic heterocycles. The van der Waals surface area contributed by atoms with Crippen LogP contribution in [-0.2, 0) is 10.0 Å². The third-order valence-corrected chi connectivity index (χ3v) is 5.65. The fraction of sp³-hybridized carbons (Fsp3) is 0.500. The number of sulfonamides is 1. The summed E-state index contributed by atoms with van der Waals surface area (Å²) in [5, 5.41) is 0. The highest BCUT2D eigenvalue weighted by atomic mass is 79.9.